The second-order valence-electron chi connectivity index (χ2n) is 7.34. The van der Waals surface area contributed by atoms with Crippen LogP contribution in [0, 0.1) is 11.8 Å². The topological polar surface area (TPSA) is 26.0 Å². The van der Waals surface area contributed by atoms with Gasteiger partial charge >= 0.3 is 0 Å². The van der Waals surface area contributed by atoms with Gasteiger partial charge in [-0.25, -0.2) is 0 Å². The first kappa shape index (κ1) is 15.1. The molecule has 0 amide bonds. The highest BCUT2D eigenvalue weighted by Gasteiger charge is 2.42. The lowest BCUT2D eigenvalue weighted by Crippen LogP contribution is -2.49. The third-order valence-electron chi connectivity index (χ3n) is 6.14. The van der Waals surface area contributed by atoms with Crippen LogP contribution in [0.5, 0.6) is 0 Å². The summed E-state index contributed by atoms with van der Waals surface area (Å²) in [4.78, 5) is 0. The molecule has 116 valence electrons. The molecule has 3 rings (SSSR count). The standard InChI is InChI=1S/C20H31N/c1-2-16-11-13-18(14-12-16)20(21)15-7-6-10-19(20)17-8-4-3-5-9-17/h11-14,17,19H,2-10,15,21H2,1H3. The van der Waals surface area contributed by atoms with Crippen molar-refractivity contribution in [3.63, 3.8) is 0 Å². The van der Waals surface area contributed by atoms with E-state index in [1.165, 1.54) is 68.9 Å². The normalized spacial score (nSPS) is 31.2. The van der Waals surface area contributed by atoms with E-state index in [0.717, 1.165) is 12.3 Å². The van der Waals surface area contributed by atoms with Crippen molar-refractivity contribution in [2.75, 3.05) is 0 Å². The minimum atomic E-state index is -0.0630. The zero-order chi connectivity index (χ0) is 14.7. The van der Waals surface area contributed by atoms with Crippen molar-refractivity contribution < 1.29 is 0 Å². The van der Waals surface area contributed by atoms with Gasteiger partial charge in [-0.3, -0.25) is 0 Å². The van der Waals surface area contributed by atoms with E-state index in [1.807, 2.05) is 0 Å². The Morgan fingerprint density at radius 2 is 1.62 bits per heavy atom. The van der Waals surface area contributed by atoms with Crippen LogP contribution < -0.4 is 5.73 Å². The fourth-order valence-electron chi connectivity index (χ4n) is 4.83. The first-order chi connectivity index (χ1) is 10.2. The lowest BCUT2D eigenvalue weighted by atomic mass is 9.62. The summed E-state index contributed by atoms with van der Waals surface area (Å²) in [6, 6.07) is 9.22. The predicted molar refractivity (Wildman–Crippen MR) is 90.2 cm³/mol. The Morgan fingerprint density at radius 1 is 0.952 bits per heavy atom. The van der Waals surface area contributed by atoms with Crippen molar-refractivity contribution >= 4 is 0 Å². The highest BCUT2D eigenvalue weighted by atomic mass is 14.8. The summed E-state index contributed by atoms with van der Waals surface area (Å²) in [6.45, 7) is 2.22. The second-order valence-corrected chi connectivity index (χ2v) is 7.34. The summed E-state index contributed by atoms with van der Waals surface area (Å²) in [5, 5.41) is 0. The van der Waals surface area contributed by atoms with Crippen molar-refractivity contribution in [3.8, 4) is 0 Å². The van der Waals surface area contributed by atoms with E-state index >= 15 is 0 Å². The van der Waals surface area contributed by atoms with Gasteiger partial charge in [0.05, 0.1) is 0 Å². The second kappa shape index (κ2) is 6.52. The Labute approximate surface area is 130 Å². The highest BCUT2D eigenvalue weighted by molar-refractivity contribution is 5.30. The van der Waals surface area contributed by atoms with Crippen LogP contribution in [0.25, 0.3) is 0 Å². The van der Waals surface area contributed by atoms with Crippen LogP contribution in [0.4, 0.5) is 0 Å². The van der Waals surface area contributed by atoms with Crippen LogP contribution in [-0.4, -0.2) is 0 Å². The Balaban J connectivity index is 1.86. The van der Waals surface area contributed by atoms with Gasteiger partial charge in [-0.15, -0.1) is 0 Å². The summed E-state index contributed by atoms with van der Waals surface area (Å²) >= 11 is 0. The summed E-state index contributed by atoms with van der Waals surface area (Å²) in [7, 11) is 0. The van der Waals surface area contributed by atoms with Gasteiger partial charge in [0.25, 0.3) is 0 Å². The van der Waals surface area contributed by atoms with Gasteiger partial charge in [0.1, 0.15) is 0 Å². The molecule has 0 saturated heterocycles. The van der Waals surface area contributed by atoms with Gasteiger partial charge in [-0.1, -0.05) is 76.1 Å². The number of benzene rings is 1. The van der Waals surface area contributed by atoms with E-state index in [4.69, 9.17) is 5.73 Å². The Bertz CT molecular complexity index is 443. The monoisotopic (exact) mass is 285 g/mol. The average molecular weight is 285 g/mol. The molecule has 2 atom stereocenters. The molecule has 1 heteroatoms. The zero-order valence-electron chi connectivity index (χ0n) is 13.6. The lowest BCUT2D eigenvalue weighted by molar-refractivity contribution is 0.0986. The average Bonchev–Trinajstić information content (AvgIpc) is 2.56. The minimum Gasteiger partial charge on any atom is -0.321 e. The molecule has 0 aliphatic heterocycles. The van der Waals surface area contributed by atoms with Crippen LogP contribution in [0.1, 0.15) is 75.8 Å². The molecule has 2 saturated carbocycles. The SMILES string of the molecule is CCc1ccc(C2(N)CCCCC2C2CCCCC2)cc1. The summed E-state index contributed by atoms with van der Waals surface area (Å²) in [5.74, 6) is 1.58. The van der Waals surface area contributed by atoms with Gasteiger partial charge in [-0.2, -0.15) is 0 Å². The number of hydrogen-bond donors (Lipinski definition) is 1. The van der Waals surface area contributed by atoms with E-state index in [2.05, 4.69) is 31.2 Å². The van der Waals surface area contributed by atoms with Crippen molar-refractivity contribution in [3.05, 3.63) is 35.4 Å². The lowest BCUT2D eigenvalue weighted by Gasteiger charge is -2.47. The molecule has 1 nitrogen and oxygen atoms in total. The molecular weight excluding hydrogens is 254 g/mol. The van der Waals surface area contributed by atoms with E-state index < -0.39 is 0 Å². The number of rotatable bonds is 3. The van der Waals surface area contributed by atoms with Crippen LogP contribution in [0.3, 0.4) is 0 Å². The Kier molecular flexibility index (Phi) is 4.69. The molecule has 2 aliphatic carbocycles. The highest BCUT2D eigenvalue weighted by Crippen LogP contribution is 2.47. The molecule has 0 heterocycles. The van der Waals surface area contributed by atoms with E-state index in [1.54, 1.807) is 0 Å². The van der Waals surface area contributed by atoms with Crippen molar-refractivity contribution in [1.29, 1.82) is 0 Å². The molecule has 21 heavy (non-hydrogen) atoms. The van der Waals surface area contributed by atoms with Gasteiger partial charge in [0.15, 0.2) is 0 Å². The number of aryl methyl sites for hydroxylation is 1. The van der Waals surface area contributed by atoms with Crippen molar-refractivity contribution in [1.82, 2.24) is 0 Å². The van der Waals surface area contributed by atoms with Crippen molar-refractivity contribution in [2.24, 2.45) is 17.6 Å². The molecule has 0 spiro atoms. The Hall–Kier alpha value is -0.820. The van der Waals surface area contributed by atoms with Crippen molar-refractivity contribution in [2.45, 2.75) is 76.7 Å². The number of hydrogen-bond acceptors (Lipinski definition) is 1. The van der Waals surface area contributed by atoms with Gasteiger partial charge in [-0.05, 0) is 42.2 Å². The van der Waals surface area contributed by atoms with E-state index in [0.29, 0.717) is 5.92 Å². The molecule has 0 radical (unpaired) electrons. The molecule has 2 unspecified atom stereocenters. The molecule has 1 aromatic rings. The van der Waals surface area contributed by atoms with Crippen LogP contribution in [-0.2, 0) is 12.0 Å². The van der Waals surface area contributed by atoms with Crippen LogP contribution in [0.2, 0.25) is 0 Å². The first-order valence-corrected chi connectivity index (χ1v) is 9.12. The predicted octanol–water partition coefficient (Wildman–Crippen LogP) is 5.17. The van der Waals surface area contributed by atoms with E-state index in [9.17, 15) is 0 Å². The largest absolute Gasteiger partial charge is 0.321 e. The minimum absolute atomic E-state index is 0.0630. The molecule has 2 aliphatic rings. The smallest absolute Gasteiger partial charge is 0.0440 e. The van der Waals surface area contributed by atoms with E-state index in [-0.39, 0.29) is 5.54 Å². The maximum Gasteiger partial charge on any atom is 0.0440 e. The maximum atomic E-state index is 7.05. The van der Waals surface area contributed by atoms with Crippen LogP contribution in [0.15, 0.2) is 24.3 Å². The molecule has 0 bridgehead atoms. The first-order valence-electron chi connectivity index (χ1n) is 9.12. The molecule has 2 N–H and O–H groups in total. The Morgan fingerprint density at radius 3 is 2.29 bits per heavy atom. The van der Waals surface area contributed by atoms with Crippen LogP contribution >= 0.6 is 0 Å². The third-order valence-corrected chi connectivity index (χ3v) is 6.14. The fraction of sp³-hybridized carbons (Fsp3) is 0.700. The van der Waals surface area contributed by atoms with Gasteiger partial charge in [0.2, 0.25) is 0 Å². The van der Waals surface area contributed by atoms with Gasteiger partial charge < -0.3 is 5.73 Å². The number of nitrogens with two attached hydrogens (primary N) is 1. The summed E-state index contributed by atoms with van der Waals surface area (Å²) in [6.07, 6.45) is 13.4. The summed E-state index contributed by atoms with van der Waals surface area (Å²) in [5.41, 5.74) is 9.81. The molecule has 0 aromatic heterocycles. The molecular formula is C20H31N. The third kappa shape index (κ3) is 3.04. The zero-order valence-corrected chi connectivity index (χ0v) is 13.6. The summed E-state index contributed by atoms with van der Waals surface area (Å²) < 4.78 is 0. The molecule has 1 aromatic carbocycles. The maximum absolute atomic E-state index is 7.05. The quantitative estimate of drug-likeness (QED) is 0.814. The molecule has 2 fully saturated rings. The van der Waals surface area contributed by atoms with Gasteiger partial charge in [0, 0.05) is 5.54 Å². The fourth-order valence-corrected chi connectivity index (χ4v) is 4.83.